The van der Waals surface area contributed by atoms with Crippen molar-refractivity contribution in [3.05, 3.63) is 22.3 Å². The van der Waals surface area contributed by atoms with Crippen LogP contribution in [0.2, 0.25) is 0 Å². The first-order valence-electron chi connectivity index (χ1n) is 6.41. The minimum atomic E-state index is -0.0355. The number of carbonyl (C=O) groups is 1. The van der Waals surface area contributed by atoms with Crippen molar-refractivity contribution in [1.82, 2.24) is 10.3 Å². The van der Waals surface area contributed by atoms with E-state index in [0.29, 0.717) is 17.4 Å². The number of aromatic nitrogens is 1. The Balaban J connectivity index is 2.14. The zero-order valence-electron chi connectivity index (χ0n) is 10.5. The average molecular weight is 312 g/mol. The topological polar surface area (TPSA) is 54.0 Å². The van der Waals surface area contributed by atoms with Gasteiger partial charge in [0.15, 0.2) is 0 Å². The molecule has 1 aliphatic rings. The fourth-order valence-corrected chi connectivity index (χ4v) is 2.59. The molecule has 1 aromatic heterocycles. The van der Waals surface area contributed by atoms with E-state index in [4.69, 9.17) is 0 Å². The normalized spacial score (nSPS) is 15.7. The van der Waals surface area contributed by atoms with Crippen molar-refractivity contribution in [2.45, 2.75) is 38.6 Å². The lowest BCUT2D eigenvalue weighted by atomic mass is 10.2. The highest BCUT2D eigenvalue weighted by molar-refractivity contribution is 9.10. The Morgan fingerprint density at radius 2 is 2.22 bits per heavy atom. The summed E-state index contributed by atoms with van der Waals surface area (Å²) < 4.78 is 0.820. The highest BCUT2D eigenvalue weighted by atomic mass is 79.9. The van der Waals surface area contributed by atoms with E-state index in [1.807, 2.05) is 13.0 Å². The Kier molecular flexibility index (Phi) is 4.58. The van der Waals surface area contributed by atoms with E-state index in [1.165, 1.54) is 12.8 Å². The molecule has 0 bridgehead atoms. The highest BCUT2D eigenvalue weighted by Gasteiger charge is 2.20. The standard InChI is InChI=1S/C13H18BrN3O/c1-2-15-12-11(7-9(14)8-16-12)13(18)17-10-5-3-4-6-10/h7-8,10H,2-6H2,1H3,(H,15,16)(H,17,18). The van der Waals surface area contributed by atoms with E-state index in [9.17, 15) is 4.79 Å². The number of hydrogen-bond acceptors (Lipinski definition) is 3. The third-order valence-electron chi connectivity index (χ3n) is 3.13. The fourth-order valence-electron chi connectivity index (χ4n) is 2.25. The zero-order chi connectivity index (χ0) is 13.0. The van der Waals surface area contributed by atoms with Gasteiger partial charge in [0.2, 0.25) is 0 Å². The number of amides is 1. The van der Waals surface area contributed by atoms with Crippen LogP contribution in [0, 0.1) is 0 Å². The van der Waals surface area contributed by atoms with Gasteiger partial charge in [-0.3, -0.25) is 4.79 Å². The molecule has 4 nitrogen and oxygen atoms in total. The molecule has 98 valence electrons. The zero-order valence-corrected chi connectivity index (χ0v) is 12.1. The van der Waals surface area contributed by atoms with Crippen LogP contribution in [0.5, 0.6) is 0 Å². The van der Waals surface area contributed by atoms with Crippen LogP contribution in [0.25, 0.3) is 0 Å². The fraction of sp³-hybridized carbons (Fsp3) is 0.538. The van der Waals surface area contributed by atoms with Crippen molar-refractivity contribution >= 4 is 27.7 Å². The van der Waals surface area contributed by atoms with Gasteiger partial charge in [0.1, 0.15) is 5.82 Å². The summed E-state index contributed by atoms with van der Waals surface area (Å²) in [5, 5.41) is 6.20. The second-order valence-electron chi connectivity index (χ2n) is 4.53. The third-order valence-corrected chi connectivity index (χ3v) is 3.57. The van der Waals surface area contributed by atoms with E-state index in [-0.39, 0.29) is 5.91 Å². The van der Waals surface area contributed by atoms with Crippen molar-refractivity contribution in [3.8, 4) is 0 Å². The molecule has 0 saturated heterocycles. The predicted molar refractivity (Wildman–Crippen MR) is 75.8 cm³/mol. The van der Waals surface area contributed by atoms with Crippen molar-refractivity contribution < 1.29 is 4.79 Å². The smallest absolute Gasteiger partial charge is 0.255 e. The monoisotopic (exact) mass is 311 g/mol. The van der Waals surface area contributed by atoms with Gasteiger partial charge in [0.05, 0.1) is 5.56 Å². The van der Waals surface area contributed by atoms with E-state index < -0.39 is 0 Å². The molecule has 1 saturated carbocycles. The molecule has 1 heterocycles. The third kappa shape index (κ3) is 3.22. The number of carbonyl (C=O) groups excluding carboxylic acids is 1. The van der Waals surface area contributed by atoms with Crippen LogP contribution in [-0.4, -0.2) is 23.5 Å². The quantitative estimate of drug-likeness (QED) is 0.899. The number of hydrogen-bond donors (Lipinski definition) is 2. The van der Waals surface area contributed by atoms with Gasteiger partial charge < -0.3 is 10.6 Å². The molecule has 1 amide bonds. The summed E-state index contributed by atoms with van der Waals surface area (Å²) in [7, 11) is 0. The van der Waals surface area contributed by atoms with Crippen LogP contribution in [0.4, 0.5) is 5.82 Å². The second kappa shape index (κ2) is 6.18. The number of nitrogens with zero attached hydrogens (tertiary/aromatic N) is 1. The Morgan fingerprint density at radius 1 is 1.50 bits per heavy atom. The van der Waals surface area contributed by atoms with Gasteiger partial charge in [0, 0.05) is 23.3 Å². The molecule has 2 rings (SSSR count). The molecule has 0 radical (unpaired) electrons. The molecule has 0 aliphatic heterocycles. The van der Waals surface area contributed by atoms with E-state index in [1.54, 1.807) is 6.20 Å². The van der Waals surface area contributed by atoms with Crippen molar-refractivity contribution in [3.63, 3.8) is 0 Å². The largest absolute Gasteiger partial charge is 0.370 e. The van der Waals surface area contributed by atoms with Crippen molar-refractivity contribution in [2.75, 3.05) is 11.9 Å². The van der Waals surface area contributed by atoms with Crippen molar-refractivity contribution in [2.24, 2.45) is 0 Å². The van der Waals surface area contributed by atoms with Gasteiger partial charge in [-0.1, -0.05) is 12.8 Å². The summed E-state index contributed by atoms with van der Waals surface area (Å²) in [6.45, 7) is 2.74. The van der Waals surface area contributed by atoms with Gasteiger partial charge in [-0.2, -0.15) is 0 Å². The van der Waals surface area contributed by atoms with Crippen LogP contribution in [0.3, 0.4) is 0 Å². The Labute approximate surface area is 116 Å². The Morgan fingerprint density at radius 3 is 2.89 bits per heavy atom. The molecule has 0 spiro atoms. The lowest BCUT2D eigenvalue weighted by Gasteiger charge is -2.14. The number of halogens is 1. The molecule has 18 heavy (non-hydrogen) atoms. The van der Waals surface area contributed by atoms with Crippen LogP contribution >= 0.6 is 15.9 Å². The summed E-state index contributed by atoms with van der Waals surface area (Å²) in [6, 6.07) is 2.14. The predicted octanol–water partition coefficient (Wildman–Crippen LogP) is 2.95. The number of pyridine rings is 1. The van der Waals surface area contributed by atoms with E-state index in [2.05, 4.69) is 31.5 Å². The average Bonchev–Trinajstić information content (AvgIpc) is 2.84. The second-order valence-corrected chi connectivity index (χ2v) is 5.45. The molecule has 0 atom stereocenters. The summed E-state index contributed by atoms with van der Waals surface area (Å²) in [5.74, 6) is 0.614. The molecule has 1 aliphatic carbocycles. The van der Waals surface area contributed by atoms with E-state index in [0.717, 1.165) is 23.9 Å². The van der Waals surface area contributed by atoms with Gasteiger partial charge in [-0.15, -0.1) is 0 Å². The minimum absolute atomic E-state index is 0.0355. The lowest BCUT2D eigenvalue weighted by molar-refractivity contribution is 0.0938. The van der Waals surface area contributed by atoms with Crippen LogP contribution < -0.4 is 10.6 Å². The minimum Gasteiger partial charge on any atom is -0.370 e. The summed E-state index contributed by atoms with van der Waals surface area (Å²) >= 11 is 3.36. The van der Waals surface area contributed by atoms with Crippen LogP contribution in [-0.2, 0) is 0 Å². The molecule has 2 N–H and O–H groups in total. The highest BCUT2D eigenvalue weighted by Crippen LogP contribution is 2.21. The Bertz CT molecular complexity index is 430. The first-order valence-corrected chi connectivity index (χ1v) is 7.20. The van der Waals surface area contributed by atoms with Crippen LogP contribution in [0.15, 0.2) is 16.7 Å². The van der Waals surface area contributed by atoms with Gasteiger partial charge in [0.25, 0.3) is 5.91 Å². The van der Waals surface area contributed by atoms with Crippen molar-refractivity contribution in [1.29, 1.82) is 0 Å². The molecule has 1 aromatic rings. The summed E-state index contributed by atoms with van der Waals surface area (Å²) in [5.41, 5.74) is 0.609. The molecular weight excluding hydrogens is 294 g/mol. The molecule has 5 heteroatoms. The maximum absolute atomic E-state index is 12.2. The molecule has 0 unspecified atom stereocenters. The number of rotatable bonds is 4. The van der Waals surface area contributed by atoms with E-state index >= 15 is 0 Å². The summed E-state index contributed by atoms with van der Waals surface area (Å²) in [6.07, 6.45) is 6.29. The maximum atomic E-state index is 12.2. The number of anilines is 1. The molecular formula is C13H18BrN3O. The first kappa shape index (κ1) is 13.3. The Hall–Kier alpha value is -1.10. The van der Waals surface area contributed by atoms with Gasteiger partial charge in [-0.25, -0.2) is 4.98 Å². The summed E-state index contributed by atoms with van der Waals surface area (Å²) in [4.78, 5) is 16.5. The van der Waals surface area contributed by atoms with Gasteiger partial charge in [-0.05, 0) is 41.8 Å². The maximum Gasteiger partial charge on any atom is 0.255 e. The number of nitrogens with one attached hydrogen (secondary N) is 2. The SMILES string of the molecule is CCNc1ncc(Br)cc1C(=O)NC1CCCC1. The van der Waals surface area contributed by atoms with Gasteiger partial charge >= 0.3 is 0 Å². The molecule has 0 aromatic carbocycles. The molecule has 1 fully saturated rings. The first-order chi connectivity index (χ1) is 8.70. The van der Waals surface area contributed by atoms with Crippen LogP contribution in [0.1, 0.15) is 43.0 Å². The lowest BCUT2D eigenvalue weighted by Crippen LogP contribution is -2.33.